The molecule has 1 aromatic carbocycles. The number of nitrogens with one attached hydrogen (secondary N) is 1. The predicted molar refractivity (Wildman–Crippen MR) is 88.9 cm³/mol. The first-order valence-corrected chi connectivity index (χ1v) is 7.58. The minimum Gasteiger partial charge on any atom is -0.378 e. The van der Waals surface area contributed by atoms with Crippen LogP contribution in [0.4, 0.5) is 5.82 Å². The molecule has 1 N–H and O–H groups in total. The lowest BCUT2D eigenvalue weighted by Gasteiger charge is -2.10. The van der Waals surface area contributed by atoms with Crippen LogP contribution in [0.2, 0.25) is 0 Å². The largest absolute Gasteiger partial charge is 0.378 e. The third kappa shape index (κ3) is 3.89. The third-order valence-electron chi connectivity index (χ3n) is 2.96. The lowest BCUT2D eigenvalue weighted by molar-refractivity contribution is 0.180. The van der Waals surface area contributed by atoms with E-state index >= 15 is 0 Å². The number of aryl methyl sites for hydroxylation is 2. The molecule has 0 fully saturated rings. The van der Waals surface area contributed by atoms with E-state index in [0.717, 1.165) is 33.7 Å². The molecule has 106 valence electrons. The van der Waals surface area contributed by atoms with Gasteiger partial charge in [-0.25, -0.2) is 9.97 Å². The zero-order chi connectivity index (χ0) is 14.4. The molecule has 0 radical (unpaired) electrons. The van der Waals surface area contributed by atoms with E-state index in [0.29, 0.717) is 6.61 Å². The fourth-order valence-corrected chi connectivity index (χ4v) is 2.62. The van der Waals surface area contributed by atoms with Crippen LogP contribution in [0.25, 0.3) is 0 Å². The summed E-state index contributed by atoms with van der Waals surface area (Å²) < 4.78 is 6.23. The SMILES string of the molecule is CNc1nc(CCc2ccccc2)nc(COC)c1I. The van der Waals surface area contributed by atoms with Crippen molar-refractivity contribution in [2.24, 2.45) is 0 Å². The van der Waals surface area contributed by atoms with Gasteiger partial charge in [-0.2, -0.15) is 0 Å². The summed E-state index contributed by atoms with van der Waals surface area (Å²) in [5.74, 6) is 1.72. The van der Waals surface area contributed by atoms with Gasteiger partial charge >= 0.3 is 0 Å². The van der Waals surface area contributed by atoms with Crippen LogP contribution in [0.3, 0.4) is 0 Å². The Labute approximate surface area is 133 Å². The Morgan fingerprint density at radius 2 is 1.90 bits per heavy atom. The van der Waals surface area contributed by atoms with Gasteiger partial charge in [0.25, 0.3) is 0 Å². The predicted octanol–water partition coefficient (Wildman–Crippen LogP) is 3.05. The van der Waals surface area contributed by atoms with Crippen molar-refractivity contribution in [1.29, 1.82) is 0 Å². The highest BCUT2D eigenvalue weighted by Crippen LogP contribution is 2.20. The summed E-state index contributed by atoms with van der Waals surface area (Å²) in [5, 5.41) is 3.12. The van der Waals surface area contributed by atoms with Crippen LogP contribution in [-0.4, -0.2) is 24.1 Å². The first kappa shape index (κ1) is 15.2. The Morgan fingerprint density at radius 1 is 1.15 bits per heavy atom. The maximum atomic E-state index is 5.20. The van der Waals surface area contributed by atoms with Crippen molar-refractivity contribution in [3.8, 4) is 0 Å². The molecule has 0 aliphatic heterocycles. The van der Waals surface area contributed by atoms with Gasteiger partial charge < -0.3 is 10.1 Å². The summed E-state index contributed by atoms with van der Waals surface area (Å²) in [6, 6.07) is 10.4. The van der Waals surface area contributed by atoms with Crippen molar-refractivity contribution < 1.29 is 4.74 Å². The highest BCUT2D eigenvalue weighted by Gasteiger charge is 2.11. The number of methoxy groups -OCH3 is 1. The quantitative estimate of drug-likeness (QED) is 0.779. The molecule has 20 heavy (non-hydrogen) atoms. The average Bonchev–Trinajstić information content (AvgIpc) is 2.49. The second-order valence-electron chi connectivity index (χ2n) is 4.42. The normalized spacial score (nSPS) is 10.6. The number of ether oxygens (including phenoxy) is 1. The van der Waals surface area contributed by atoms with E-state index in [2.05, 4.69) is 62.1 Å². The van der Waals surface area contributed by atoms with Crippen LogP contribution >= 0.6 is 22.6 Å². The molecule has 0 amide bonds. The molecule has 5 heteroatoms. The van der Waals surface area contributed by atoms with Gasteiger partial charge in [0.1, 0.15) is 11.6 Å². The first-order chi connectivity index (χ1) is 9.74. The standard InChI is InChI=1S/C15H18IN3O/c1-17-15-14(16)12(10-20-2)18-13(19-15)9-8-11-6-4-3-5-7-11/h3-7H,8-10H2,1-2H3,(H,17,18,19). The smallest absolute Gasteiger partial charge is 0.143 e. The number of anilines is 1. The summed E-state index contributed by atoms with van der Waals surface area (Å²) in [6.45, 7) is 0.508. The van der Waals surface area contributed by atoms with Gasteiger partial charge in [-0.3, -0.25) is 0 Å². The Bertz CT molecular complexity index is 561. The minimum atomic E-state index is 0.508. The number of hydrogen-bond acceptors (Lipinski definition) is 4. The molecule has 0 saturated heterocycles. The molecule has 0 saturated carbocycles. The highest BCUT2D eigenvalue weighted by atomic mass is 127. The van der Waals surface area contributed by atoms with Crippen LogP contribution in [-0.2, 0) is 24.2 Å². The fourth-order valence-electron chi connectivity index (χ4n) is 1.96. The van der Waals surface area contributed by atoms with Gasteiger partial charge in [0.05, 0.1) is 15.9 Å². The van der Waals surface area contributed by atoms with Crippen molar-refractivity contribution in [1.82, 2.24) is 9.97 Å². The van der Waals surface area contributed by atoms with E-state index < -0.39 is 0 Å². The molecule has 2 aromatic rings. The molecule has 2 rings (SSSR count). The maximum Gasteiger partial charge on any atom is 0.143 e. The Morgan fingerprint density at radius 3 is 2.55 bits per heavy atom. The van der Waals surface area contributed by atoms with Crippen molar-refractivity contribution in [3.63, 3.8) is 0 Å². The van der Waals surface area contributed by atoms with Gasteiger partial charge in [0.15, 0.2) is 0 Å². The summed E-state index contributed by atoms with van der Waals surface area (Å²) in [7, 11) is 3.56. The molecular formula is C15H18IN3O. The molecule has 0 spiro atoms. The zero-order valence-corrected chi connectivity index (χ0v) is 13.8. The summed E-state index contributed by atoms with van der Waals surface area (Å²) in [4.78, 5) is 9.17. The minimum absolute atomic E-state index is 0.508. The molecule has 0 unspecified atom stereocenters. The third-order valence-corrected chi connectivity index (χ3v) is 4.10. The molecule has 1 heterocycles. The summed E-state index contributed by atoms with van der Waals surface area (Å²) in [5.41, 5.74) is 2.24. The lowest BCUT2D eigenvalue weighted by Crippen LogP contribution is -2.09. The molecule has 0 atom stereocenters. The van der Waals surface area contributed by atoms with Crippen molar-refractivity contribution >= 4 is 28.4 Å². The molecule has 0 aliphatic rings. The fraction of sp³-hybridized carbons (Fsp3) is 0.333. The summed E-state index contributed by atoms with van der Waals surface area (Å²) >= 11 is 2.25. The first-order valence-electron chi connectivity index (χ1n) is 6.50. The molecule has 0 bridgehead atoms. The van der Waals surface area contributed by atoms with Gasteiger partial charge in [-0.15, -0.1) is 0 Å². The summed E-state index contributed by atoms with van der Waals surface area (Å²) in [6.07, 6.45) is 1.77. The maximum absolute atomic E-state index is 5.20. The zero-order valence-electron chi connectivity index (χ0n) is 11.7. The topological polar surface area (TPSA) is 47.0 Å². The monoisotopic (exact) mass is 383 g/mol. The number of aromatic nitrogens is 2. The molecule has 0 aliphatic carbocycles. The second kappa shape index (κ2) is 7.54. The Balaban J connectivity index is 2.16. The van der Waals surface area contributed by atoms with Crippen LogP contribution in [0.5, 0.6) is 0 Å². The van der Waals surface area contributed by atoms with Crippen LogP contribution in [0.15, 0.2) is 30.3 Å². The van der Waals surface area contributed by atoms with Crippen LogP contribution in [0, 0.1) is 3.57 Å². The lowest BCUT2D eigenvalue weighted by atomic mass is 10.1. The Kier molecular flexibility index (Phi) is 5.72. The van der Waals surface area contributed by atoms with Gasteiger partial charge in [-0.1, -0.05) is 30.3 Å². The number of benzene rings is 1. The van der Waals surface area contributed by atoms with Crippen LogP contribution in [0.1, 0.15) is 17.1 Å². The van der Waals surface area contributed by atoms with Gasteiger partial charge in [-0.05, 0) is 34.6 Å². The van der Waals surface area contributed by atoms with E-state index in [1.165, 1.54) is 5.56 Å². The second-order valence-corrected chi connectivity index (χ2v) is 5.50. The number of halogens is 1. The highest BCUT2D eigenvalue weighted by molar-refractivity contribution is 14.1. The average molecular weight is 383 g/mol. The van der Waals surface area contributed by atoms with E-state index in [4.69, 9.17) is 4.74 Å². The van der Waals surface area contributed by atoms with E-state index in [-0.39, 0.29) is 0 Å². The van der Waals surface area contributed by atoms with E-state index in [9.17, 15) is 0 Å². The number of rotatable bonds is 6. The molecule has 4 nitrogen and oxygen atoms in total. The number of hydrogen-bond donors (Lipinski definition) is 1. The number of nitrogens with zero attached hydrogens (tertiary/aromatic N) is 2. The van der Waals surface area contributed by atoms with Crippen molar-refractivity contribution in [3.05, 3.63) is 51.0 Å². The molecular weight excluding hydrogens is 365 g/mol. The van der Waals surface area contributed by atoms with Gasteiger partial charge in [0.2, 0.25) is 0 Å². The van der Waals surface area contributed by atoms with Crippen molar-refractivity contribution in [2.75, 3.05) is 19.5 Å². The molecule has 1 aromatic heterocycles. The van der Waals surface area contributed by atoms with E-state index in [1.54, 1.807) is 7.11 Å². The van der Waals surface area contributed by atoms with Crippen molar-refractivity contribution in [2.45, 2.75) is 19.4 Å². The van der Waals surface area contributed by atoms with Gasteiger partial charge in [0, 0.05) is 20.6 Å². The van der Waals surface area contributed by atoms with Crippen LogP contribution < -0.4 is 5.32 Å². The van der Waals surface area contributed by atoms with E-state index in [1.807, 2.05) is 13.1 Å². The Hall–Kier alpha value is -1.21.